The van der Waals surface area contributed by atoms with Crippen LogP contribution in [0.25, 0.3) is 0 Å². The average molecular weight is 259 g/mol. The summed E-state index contributed by atoms with van der Waals surface area (Å²) in [5, 5.41) is 2.62. The number of nitrogens with zero attached hydrogens (tertiary/aromatic N) is 1. The zero-order valence-corrected chi connectivity index (χ0v) is 9.54. The van der Waals surface area contributed by atoms with Crippen LogP contribution in [0.3, 0.4) is 0 Å². The molecule has 0 saturated heterocycles. The smallest absolute Gasteiger partial charge is 0.254 e. The van der Waals surface area contributed by atoms with Crippen molar-refractivity contribution in [2.75, 3.05) is 12.4 Å². The van der Waals surface area contributed by atoms with Crippen LogP contribution in [0.1, 0.15) is 6.92 Å². The maximum Gasteiger partial charge on any atom is 0.254 e. The minimum absolute atomic E-state index is 0.206. The number of methoxy groups -OCH3 is 1. The Morgan fingerprint density at radius 3 is 2.86 bits per heavy atom. The molecule has 1 aromatic heterocycles. The van der Waals surface area contributed by atoms with Crippen molar-refractivity contribution >= 4 is 27.7 Å². The highest BCUT2D eigenvalue weighted by Gasteiger charge is 2.11. The number of anilines is 1. The van der Waals surface area contributed by atoms with Crippen molar-refractivity contribution in [3.8, 4) is 0 Å². The molecule has 1 atom stereocenters. The minimum Gasteiger partial charge on any atom is -0.372 e. The fourth-order valence-electron chi connectivity index (χ4n) is 0.785. The number of pyridine rings is 1. The monoisotopic (exact) mass is 258 g/mol. The van der Waals surface area contributed by atoms with E-state index in [2.05, 4.69) is 26.2 Å². The molecule has 0 aliphatic heterocycles. The molecule has 1 N–H and O–H groups in total. The highest BCUT2D eigenvalue weighted by molar-refractivity contribution is 9.10. The number of nitrogens with one attached hydrogen (secondary N) is 1. The number of hydrogen-bond acceptors (Lipinski definition) is 3. The van der Waals surface area contributed by atoms with E-state index in [0.29, 0.717) is 5.82 Å². The summed E-state index contributed by atoms with van der Waals surface area (Å²) in [5.74, 6) is 0.310. The van der Waals surface area contributed by atoms with E-state index >= 15 is 0 Å². The van der Waals surface area contributed by atoms with Gasteiger partial charge < -0.3 is 10.1 Å². The standard InChI is InChI=1S/C9H11BrN2O2/c1-6(14-2)9(13)12-8-4-3-7(10)5-11-8/h3-6H,1-2H3,(H,11,12,13). The summed E-state index contributed by atoms with van der Waals surface area (Å²) in [4.78, 5) is 15.3. The molecule has 1 heterocycles. The summed E-state index contributed by atoms with van der Waals surface area (Å²) in [6, 6.07) is 3.52. The molecule has 5 heteroatoms. The van der Waals surface area contributed by atoms with Gasteiger partial charge in [-0.25, -0.2) is 4.98 Å². The van der Waals surface area contributed by atoms with Crippen molar-refractivity contribution < 1.29 is 9.53 Å². The first-order valence-corrected chi connectivity index (χ1v) is 4.88. The first-order valence-electron chi connectivity index (χ1n) is 4.08. The summed E-state index contributed by atoms with van der Waals surface area (Å²) in [6.07, 6.45) is 1.15. The van der Waals surface area contributed by atoms with Gasteiger partial charge in [-0.2, -0.15) is 0 Å². The Kier molecular flexibility index (Phi) is 4.03. The van der Waals surface area contributed by atoms with Crippen LogP contribution >= 0.6 is 15.9 Å². The van der Waals surface area contributed by atoms with Crippen molar-refractivity contribution in [3.63, 3.8) is 0 Å². The fraction of sp³-hybridized carbons (Fsp3) is 0.333. The second-order valence-electron chi connectivity index (χ2n) is 2.73. The zero-order valence-electron chi connectivity index (χ0n) is 7.95. The van der Waals surface area contributed by atoms with Gasteiger partial charge in [0.25, 0.3) is 5.91 Å². The van der Waals surface area contributed by atoms with Crippen LogP contribution in [0.15, 0.2) is 22.8 Å². The second-order valence-corrected chi connectivity index (χ2v) is 3.64. The van der Waals surface area contributed by atoms with Gasteiger partial charge in [-0.3, -0.25) is 4.79 Å². The van der Waals surface area contributed by atoms with Gasteiger partial charge in [0.1, 0.15) is 11.9 Å². The van der Waals surface area contributed by atoms with Crippen molar-refractivity contribution in [1.82, 2.24) is 4.98 Å². The Morgan fingerprint density at radius 2 is 2.36 bits per heavy atom. The van der Waals surface area contributed by atoms with Gasteiger partial charge in [0.15, 0.2) is 0 Å². The highest BCUT2D eigenvalue weighted by atomic mass is 79.9. The Balaban J connectivity index is 2.60. The van der Waals surface area contributed by atoms with Crippen LogP contribution in [0.4, 0.5) is 5.82 Å². The second kappa shape index (κ2) is 5.07. The van der Waals surface area contributed by atoms with Crippen LogP contribution in [-0.4, -0.2) is 24.1 Å². The SMILES string of the molecule is COC(C)C(=O)Nc1ccc(Br)cn1. The van der Waals surface area contributed by atoms with E-state index < -0.39 is 6.10 Å². The van der Waals surface area contributed by atoms with Crippen LogP contribution < -0.4 is 5.32 Å². The molecule has 1 rings (SSSR count). The van der Waals surface area contributed by atoms with Crippen molar-refractivity contribution in [3.05, 3.63) is 22.8 Å². The van der Waals surface area contributed by atoms with Gasteiger partial charge >= 0.3 is 0 Å². The van der Waals surface area contributed by atoms with Gasteiger partial charge in [-0.1, -0.05) is 0 Å². The summed E-state index contributed by atoms with van der Waals surface area (Å²) in [7, 11) is 1.49. The molecule has 0 bridgehead atoms. The lowest BCUT2D eigenvalue weighted by Gasteiger charge is -2.09. The third-order valence-corrected chi connectivity index (χ3v) is 2.17. The summed E-state index contributed by atoms with van der Waals surface area (Å²) < 4.78 is 5.73. The summed E-state index contributed by atoms with van der Waals surface area (Å²) in [6.45, 7) is 1.67. The minimum atomic E-state index is -0.472. The molecule has 0 fully saturated rings. The van der Waals surface area contributed by atoms with E-state index in [9.17, 15) is 4.79 Å². The molecule has 1 amide bonds. The van der Waals surface area contributed by atoms with Crippen molar-refractivity contribution in [2.45, 2.75) is 13.0 Å². The normalized spacial score (nSPS) is 12.2. The van der Waals surface area contributed by atoms with E-state index in [-0.39, 0.29) is 5.91 Å². The Morgan fingerprint density at radius 1 is 1.64 bits per heavy atom. The molecule has 0 aliphatic carbocycles. The first kappa shape index (κ1) is 11.1. The predicted molar refractivity (Wildman–Crippen MR) is 57.0 cm³/mol. The third-order valence-electron chi connectivity index (χ3n) is 1.70. The third kappa shape index (κ3) is 3.08. The molecule has 4 nitrogen and oxygen atoms in total. The lowest BCUT2D eigenvalue weighted by atomic mass is 10.3. The predicted octanol–water partition coefficient (Wildman–Crippen LogP) is 1.82. The molecule has 0 aliphatic rings. The number of carbonyl (C=O) groups is 1. The Bertz CT molecular complexity index is 313. The Labute approximate surface area is 90.8 Å². The van der Waals surface area contributed by atoms with Gasteiger partial charge in [0.05, 0.1) is 0 Å². The highest BCUT2D eigenvalue weighted by Crippen LogP contribution is 2.10. The molecular formula is C9H11BrN2O2. The molecular weight excluding hydrogens is 248 g/mol. The topological polar surface area (TPSA) is 51.2 Å². The molecule has 0 saturated carbocycles. The average Bonchev–Trinajstić information content (AvgIpc) is 2.20. The van der Waals surface area contributed by atoms with E-state index in [4.69, 9.17) is 4.74 Å². The number of rotatable bonds is 3. The van der Waals surface area contributed by atoms with Crippen LogP contribution in [0.5, 0.6) is 0 Å². The van der Waals surface area contributed by atoms with Crippen LogP contribution in [0.2, 0.25) is 0 Å². The van der Waals surface area contributed by atoms with E-state index in [1.54, 1.807) is 25.3 Å². The molecule has 1 aromatic rings. The van der Waals surface area contributed by atoms with Crippen LogP contribution in [0, 0.1) is 0 Å². The van der Waals surface area contributed by atoms with E-state index in [0.717, 1.165) is 4.47 Å². The molecule has 0 aromatic carbocycles. The zero-order chi connectivity index (χ0) is 10.6. The van der Waals surface area contributed by atoms with E-state index in [1.165, 1.54) is 7.11 Å². The first-order chi connectivity index (χ1) is 6.63. The lowest BCUT2D eigenvalue weighted by molar-refractivity contribution is -0.124. The number of aromatic nitrogens is 1. The van der Waals surface area contributed by atoms with Gasteiger partial charge in [-0.05, 0) is 35.0 Å². The van der Waals surface area contributed by atoms with E-state index in [1.807, 2.05) is 0 Å². The maximum atomic E-state index is 11.3. The Hall–Kier alpha value is -0.940. The molecule has 1 unspecified atom stereocenters. The molecule has 0 spiro atoms. The number of carbonyl (C=O) groups excluding carboxylic acids is 1. The van der Waals surface area contributed by atoms with Gasteiger partial charge in [0.2, 0.25) is 0 Å². The molecule has 76 valence electrons. The largest absolute Gasteiger partial charge is 0.372 e. The van der Waals surface area contributed by atoms with Gasteiger partial charge in [-0.15, -0.1) is 0 Å². The maximum absolute atomic E-state index is 11.3. The van der Waals surface area contributed by atoms with Gasteiger partial charge in [0, 0.05) is 17.8 Å². The number of ether oxygens (including phenoxy) is 1. The number of hydrogen-bond donors (Lipinski definition) is 1. The molecule has 14 heavy (non-hydrogen) atoms. The number of halogens is 1. The van der Waals surface area contributed by atoms with Crippen molar-refractivity contribution in [2.24, 2.45) is 0 Å². The van der Waals surface area contributed by atoms with Crippen LogP contribution in [-0.2, 0) is 9.53 Å². The summed E-state index contributed by atoms with van der Waals surface area (Å²) in [5.41, 5.74) is 0. The summed E-state index contributed by atoms with van der Waals surface area (Å²) >= 11 is 3.25. The quantitative estimate of drug-likeness (QED) is 0.900. The number of amides is 1. The van der Waals surface area contributed by atoms with Crippen molar-refractivity contribution in [1.29, 1.82) is 0 Å². The molecule has 0 radical (unpaired) electrons. The fourth-order valence-corrected chi connectivity index (χ4v) is 1.02. The lowest BCUT2D eigenvalue weighted by Crippen LogP contribution is -2.26.